The van der Waals surface area contributed by atoms with Gasteiger partial charge in [-0.15, -0.1) is 11.3 Å². The lowest BCUT2D eigenvalue weighted by molar-refractivity contribution is -0.120. The number of carbonyl (C=O) groups is 3. The summed E-state index contributed by atoms with van der Waals surface area (Å²) in [5.41, 5.74) is 0.396. The van der Waals surface area contributed by atoms with Gasteiger partial charge in [0, 0.05) is 23.9 Å². The summed E-state index contributed by atoms with van der Waals surface area (Å²) in [6.07, 6.45) is 0.424. The van der Waals surface area contributed by atoms with Crippen LogP contribution in [0, 0.1) is 0 Å². The molecule has 1 heterocycles. The topological polar surface area (TPSA) is 118 Å². The molecule has 0 spiro atoms. The molecule has 2 aromatic rings. The zero-order valence-corrected chi connectivity index (χ0v) is 14.3. The van der Waals surface area contributed by atoms with Crippen LogP contribution in [0.1, 0.15) is 25.9 Å². The molecule has 132 valence electrons. The van der Waals surface area contributed by atoms with Gasteiger partial charge in [0.15, 0.2) is 5.69 Å². The van der Waals surface area contributed by atoms with Gasteiger partial charge in [-0.1, -0.05) is 6.07 Å². The minimum atomic E-state index is -1.08. The Kier molecular flexibility index (Phi) is 6.47. The van der Waals surface area contributed by atoms with Crippen molar-refractivity contribution >= 4 is 29.1 Å². The van der Waals surface area contributed by atoms with E-state index in [1.165, 1.54) is 23.8 Å². The Balaban J connectivity index is 1.72. The van der Waals surface area contributed by atoms with Gasteiger partial charge in [-0.05, 0) is 18.2 Å². The average molecular weight is 363 g/mol. The van der Waals surface area contributed by atoms with E-state index in [0.29, 0.717) is 29.3 Å². The van der Waals surface area contributed by atoms with Crippen LogP contribution in [0.5, 0.6) is 5.75 Å². The zero-order valence-electron chi connectivity index (χ0n) is 13.4. The molecular formula is C16H17N3O5S. The molecule has 3 N–H and O–H groups in total. The van der Waals surface area contributed by atoms with E-state index >= 15 is 0 Å². The van der Waals surface area contributed by atoms with E-state index in [0.717, 1.165) is 0 Å². The highest BCUT2D eigenvalue weighted by Gasteiger charge is 2.10. The van der Waals surface area contributed by atoms with Crippen LogP contribution < -0.4 is 15.4 Å². The largest absolute Gasteiger partial charge is 0.497 e. The van der Waals surface area contributed by atoms with Crippen molar-refractivity contribution in [2.45, 2.75) is 6.42 Å². The highest BCUT2D eigenvalue weighted by Crippen LogP contribution is 2.12. The number of amides is 2. The minimum absolute atomic E-state index is 0.00289. The van der Waals surface area contributed by atoms with Gasteiger partial charge in [-0.3, -0.25) is 9.59 Å². The number of thiazole rings is 1. The molecule has 0 bridgehead atoms. The molecule has 0 saturated carbocycles. The zero-order chi connectivity index (χ0) is 18.2. The van der Waals surface area contributed by atoms with Crippen LogP contribution in [0.15, 0.2) is 29.6 Å². The quantitative estimate of drug-likeness (QED) is 0.642. The third kappa shape index (κ3) is 5.57. The van der Waals surface area contributed by atoms with Gasteiger partial charge in [0.1, 0.15) is 5.75 Å². The molecule has 2 rings (SSSR count). The summed E-state index contributed by atoms with van der Waals surface area (Å²) in [7, 11) is 1.51. The van der Waals surface area contributed by atoms with E-state index in [4.69, 9.17) is 9.84 Å². The smallest absolute Gasteiger partial charge is 0.355 e. The highest BCUT2D eigenvalue weighted by atomic mass is 32.1. The van der Waals surface area contributed by atoms with Crippen LogP contribution in [0.25, 0.3) is 0 Å². The molecule has 0 unspecified atom stereocenters. The van der Waals surface area contributed by atoms with E-state index in [1.54, 1.807) is 24.3 Å². The predicted molar refractivity (Wildman–Crippen MR) is 91.1 cm³/mol. The van der Waals surface area contributed by atoms with E-state index in [-0.39, 0.29) is 24.1 Å². The van der Waals surface area contributed by atoms with Crippen molar-refractivity contribution in [2.24, 2.45) is 0 Å². The Morgan fingerprint density at radius 3 is 2.76 bits per heavy atom. The first-order chi connectivity index (χ1) is 12.0. The number of nitrogens with one attached hydrogen (secondary N) is 2. The summed E-state index contributed by atoms with van der Waals surface area (Å²) in [5.74, 6) is -1.24. The molecule has 8 nitrogen and oxygen atoms in total. The molecule has 0 aliphatic rings. The van der Waals surface area contributed by atoms with E-state index in [1.807, 2.05) is 0 Å². The van der Waals surface area contributed by atoms with Gasteiger partial charge in [0.25, 0.3) is 5.91 Å². The third-order valence-electron chi connectivity index (χ3n) is 3.17. The lowest BCUT2D eigenvalue weighted by atomic mass is 10.2. The van der Waals surface area contributed by atoms with Crippen LogP contribution in [0.4, 0.5) is 0 Å². The number of aromatic carboxylic acids is 1. The van der Waals surface area contributed by atoms with Gasteiger partial charge >= 0.3 is 5.97 Å². The van der Waals surface area contributed by atoms with Crippen molar-refractivity contribution < 1.29 is 24.2 Å². The summed E-state index contributed by atoms with van der Waals surface area (Å²) >= 11 is 1.22. The molecule has 0 radical (unpaired) electrons. The first-order valence-corrected chi connectivity index (χ1v) is 8.24. The fourth-order valence-corrected chi connectivity index (χ4v) is 2.69. The number of ether oxygens (including phenoxy) is 1. The van der Waals surface area contributed by atoms with Gasteiger partial charge in [0.2, 0.25) is 5.91 Å². The van der Waals surface area contributed by atoms with Crippen LogP contribution >= 0.6 is 11.3 Å². The lowest BCUT2D eigenvalue weighted by Gasteiger charge is -2.07. The standard InChI is InChI=1S/C16H17N3O5S/c1-24-11-4-2-3-10(7-11)15(21)18-8-13(20)17-6-5-14-19-12(9-25-14)16(22)23/h2-4,7,9H,5-6,8H2,1H3,(H,17,20)(H,18,21)(H,22,23). The number of hydrogen-bond donors (Lipinski definition) is 3. The molecule has 2 amide bonds. The van der Waals surface area contributed by atoms with Gasteiger partial charge < -0.3 is 20.5 Å². The van der Waals surface area contributed by atoms with Crippen molar-refractivity contribution in [2.75, 3.05) is 20.2 Å². The summed E-state index contributed by atoms with van der Waals surface area (Å²) in [6.45, 7) is 0.148. The van der Waals surface area contributed by atoms with Crippen LogP contribution in [-0.2, 0) is 11.2 Å². The fourth-order valence-electron chi connectivity index (χ4n) is 1.92. The lowest BCUT2D eigenvalue weighted by Crippen LogP contribution is -2.37. The second-order valence-corrected chi connectivity index (χ2v) is 5.89. The van der Waals surface area contributed by atoms with Crippen molar-refractivity contribution in [3.63, 3.8) is 0 Å². The van der Waals surface area contributed by atoms with E-state index < -0.39 is 5.97 Å². The minimum Gasteiger partial charge on any atom is -0.497 e. The molecule has 25 heavy (non-hydrogen) atoms. The maximum Gasteiger partial charge on any atom is 0.355 e. The molecule has 0 atom stereocenters. The molecule has 0 saturated heterocycles. The molecule has 0 aliphatic carbocycles. The fraction of sp³-hybridized carbons (Fsp3) is 0.250. The first-order valence-electron chi connectivity index (χ1n) is 7.36. The number of methoxy groups -OCH3 is 1. The average Bonchev–Trinajstić information content (AvgIpc) is 3.09. The number of carbonyl (C=O) groups excluding carboxylic acids is 2. The Bertz CT molecular complexity index is 775. The molecule has 1 aromatic heterocycles. The predicted octanol–water partition coefficient (Wildman–Crippen LogP) is 0.939. The number of carboxylic acids is 1. The van der Waals surface area contributed by atoms with Crippen LogP contribution in [-0.4, -0.2) is 48.1 Å². The summed E-state index contributed by atoms with van der Waals surface area (Å²) in [5, 5.41) is 16.0. The third-order valence-corrected chi connectivity index (χ3v) is 4.08. The summed E-state index contributed by atoms with van der Waals surface area (Å²) in [6, 6.07) is 6.61. The summed E-state index contributed by atoms with van der Waals surface area (Å²) in [4.78, 5) is 38.4. The van der Waals surface area contributed by atoms with Crippen molar-refractivity contribution in [1.29, 1.82) is 0 Å². The Morgan fingerprint density at radius 1 is 1.28 bits per heavy atom. The van der Waals surface area contributed by atoms with Crippen LogP contribution in [0.3, 0.4) is 0 Å². The van der Waals surface area contributed by atoms with Crippen molar-refractivity contribution in [3.8, 4) is 5.75 Å². The van der Waals surface area contributed by atoms with Gasteiger partial charge in [-0.2, -0.15) is 0 Å². The van der Waals surface area contributed by atoms with Gasteiger partial charge in [0.05, 0.1) is 18.7 Å². The molecule has 9 heteroatoms. The molecule has 0 fully saturated rings. The Hall–Kier alpha value is -2.94. The Morgan fingerprint density at radius 2 is 2.08 bits per heavy atom. The number of nitrogens with zero attached hydrogens (tertiary/aromatic N) is 1. The molecular weight excluding hydrogens is 346 g/mol. The molecule has 0 aliphatic heterocycles. The SMILES string of the molecule is COc1cccc(C(=O)NCC(=O)NCCc2nc(C(=O)O)cs2)c1. The number of carboxylic acid groups (broad SMARTS) is 1. The van der Waals surface area contributed by atoms with E-state index in [2.05, 4.69) is 15.6 Å². The van der Waals surface area contributed by atoms with E-state index in [9.17, 15) is 14.4 Å². The highest BCUT2D eigenvalue weighted by molar-refractivity contribution is 7.09. The maximum absolute atomic E-state index is 12.0. The number of hydrogen-bond acceptors (Lipinski definition) is 6. The van der Waals surface area contributed by atoms with Crippen molar-refractivity contribution in [3.05, 3.63) is 45.9 Å². The second-order valence-electron chi connectivity index (χ2n) is 4.95. The monoisotopic (exact) mass is 363 g/mol. The van der Waals surface area contributed by atoms with Gasteiger partial charge in [-0.25, -0.2) is 9.78 Å². The number of benzene rings is 1. The number of aromatic nitrogens is 1. The Labute approximate surface area is 147 Å². The second kappa shape index (κ2) is 8.78. The normalized spacial score (nSPS) is 10.1. The molecule has 1 aromatic carbocycles. The summed E-state index contributed by atoms with van der Waals surface area (Å²) < 4.78 is 5.04. The number of rotatable bonds is 8. The van der Waals surface area contributed by atoms with Crippen molar-refractivity contribution in [1.82, 2.24) is 15.6 Å². The maximum atomic E-state index is 12.0. The van der Waals surface area contributed by atoms with Crippen LogP contribution in [0.2, 0.25) is 0 Å². The first kappa shape index (κ1) is 18.4.